The molecule has 0 fully saturated rings. The van der Waals surface area contributed by atoms with Crippen LogP contribution in [-0.4, -0.2) is 12.5 Å². The lowest BCUT2D eigenvalue weighted by Gasteiger charge is -2.05. The minimum atomic E-state index is -0.0540. The molecule has 0 aliphatic rings. The second-order valence-electron chi connectivity index (χ2n) is 3.39. The number of carbonyl (C=O) groups is 1. The Morgan fingerprint density at radius 3 is 2.69 bits per heavy atom. The molecule has 0 spiro atoms. The van der Waals surface area contributed by atoms with E-state index in [0.29, 0.717) is 29.4 Å². The van der Waals surface area contributed by atoms with E-state index in [1.807, 2.05) is 24.3 Å². The summed E-state index contributed by atoms with van der Waals surface area (Å²) in [5.41, 5.74) is 0.976. The monoisotopic (exact) mass is 257 g/mol. The van der Waals surface area contributed by atoms with Gasteiger partial charge in [-0.25, -0.2) is 0 Å². The van der Waals surface area contributed by atoms with Gasteiger partial charge in [0.2, 0.25) is 5.91 Å². The van der Waals surface area contributed by atoms with E-state index in [1.54, 1.807) is 0 Å². The van der Waals surface area contributed by atoms with Crippen LogP contribution in [0.4, 0.5) is 0 Å². The molecule has 0 aromatic heterocycles. The van der Waals surface area contributed by atoms with Crippen LogP contribution >= 0.6 is 23.2 Å². The molecule has 0 bridgehead atoms. The lowest BCUT2D eigenvalue weighted by atomic mass is 10.1. The molecule has 4 heteroatoms. The van der Waals surface area contributed by atoms with E-state index in [4.69, 9.17) is 23.2 Å². The summed E-state index contributed by atoms with van der Waals surface area (Å²) >= 11 is 11.5. The van der Waals surface area contributed by atoms with Gasteiger partial charge in [-0.15, -0.1) is 0 Å². The van der Waals surface area contributed by atoms with Crippen LogP contribution in [0.5, 0.6) is 0 Å². The number of amides is 1. The summed E-state index contributed by atoms with van der Waals surface area (Å²) in [6.07, 6.45) is 1.02. The van der Waals surface area contributed by atoms with E-state index >= 15 is 0 Å². The third-order valence-corrected chi connectivity index (χ3v) is 2.56. The van der Waals surface area contributed by atoms with Crippen molar-refractivity contribution in [2.24, 2.45) is 0 Å². The number of hydrogen-bond acceptors (Lipinski definition) is 1. The molecule has 2 nitrogen and oxygen atoms in total. The number of aryl methyl sites for hydroxylation is 1. The average Bonchev–Trinajstić information content (AvgIpc) is 2.25. The molecule has 1 amide bonds. The zero-order valence-electron chi connectivity index (χ0n) is 8.80. The standard InChI is InChI=1S/C12H13Cl2NO/c1-9(13)8-15-12(16)7-6-10-4-2-3-5-11(10)14/h2-5H,1,6-8H2,(H,15,16). The van der Waals surface area contributed by atoms with E-state index in [2.05, 4.69) is 11.9 Å². The first kappa shape index (κ1) is 13.1. The highest BCUT2D eigenvalue weighted by Gasteiger charge is 2.04. The first-order valence-electron chi connectivity index (χ1n) is 4.93. The molecule has 1 aromatic carbocycles. The maximum Gasteiger partial charge on any atom is 0.220 e. The fourth-order valence-corrected chi connectivity index (χ4v) is 1.53. The third kappa shape index (κ3) is 4.69. The summed E-state index contributed by atoms with van der Waals surface area (Å²) in [6.45, 7) is 3.80. The smallest absolute Gasteiger partial charge is 0.220 e. The minimum absolute atomic E-state index is 0.0540. The van der Waals surface area contributed by atoms with Gasteiger partial charge >= 0.3 is 0 Å². The van der Waals surface area contributed by atoms with Crippen molar-refractivity contribution in [1.29, 1.82) is 0 Å². The summed E-state index contributed by atoms with van der Waals surface area (Å²) in [6, 6.07) is 7.49. The fourth-order valence-electron chi connectivity index (χ4n) is 1.23. The Hall–Kier alpha value is -0.990. The number of carbonyl (C=O) groups excluding carboxylic acids is 1. The van der Waals surface area contributed by atoms with E-state index in [-0.39, 0.29) is 5.91 Å². The average molecular weight is 258 g/mol. The van der Waals surface area contributed by atoms with Crippen molar-refractivity contribution < 1.29 is 4.79 Å². The van der Waals surface area contributed by atoms with Gasteiger partial charge < -0.3 is 5.32 Å². The zero-order valence-corrected chi connectivity index (χ0v) is 10.3. The second kappa shape index (κ2) is 6.56. The van der Waals surface area contributed by atoms with Crippen molar-refractivity contribution in [2.75, 3.05) is 6.54 Å². The molecule has 1 rings (SSSR count). The maximum atomic E-state index is 11.4. The van der Waals surface area contributed by atoms with Crippen molar-refractivity contribution in [3.05, 3.63) is 46.5 Å². The molecule has 0 atom stereocenters. The van der Waals surface area contributed by atoms with Crippen molar-refractivity contribution >= 4 is 29.1 Å². The molecule has 0 radical (unpaired) electrons. The Kier molecular flexibility index (Phi) is 5.36. The highest BCUT2D eigenvalue weighted by atomic mass is 35.5. The van der Waals surface area contributed by atoms with Gasteiger partial charge in [0.1, 0.15) is 0 Å². The number of halogens is 2. The number of rotatable bonds is 5. The predicted octanol–water partition coefficient (Wildman–Crippen LogP) is 3.14. The van der Waals surface area contributed by atoms with E-state index in [0.717, 1.165) is 5.56 Å². The molecule has 0 aliphatic heterocycles. The van der Waals surface area contributed by atoms with Crippen molar-refractivity contribution in [3.8, 4) is 0 Å². The summed E-state index contributed by atoms with van der Waals surface area (Å²) in [7, 11) is 0. The Morgan fingerprint density at radius 2 is 2.06 bits per heavy atom. The molecule has 86 valence electrons. The Morgan fingerprint density at radius 1 is 1.38 bits per heavy atom. The molecule has 1 N–H and O–H groups in total. The largest absolute Gasteiger partial charge is 0.351 e. The van der Waals surface area contributed by atoms with Crippen LogP contribution in [0.15, 0.2) is 35.9 Å². The molecule has 0 heterocycles. The number of nitrogens with one attached hydrogen (secondary N) is 1. The molecular formula is C12H13Cl2NO. The van der Waals surface area contributed by atoms with Crippen molar-refractivity contribution in [2.45, 2.75) is 12.8 Å². The van der Waals surface area contributed by atoms with Gasteiger partial charge in [-0.1, -0.05) is 48.0 Å². The van der Waals surface area contributed by atoms with Crippen LogP contribution in [0.3, 0.4) is 0 Å². The van der Waals surface area contributed by atoms with E-state index in [1.165, 1.54) is 0 Å². The first-order chi connectivity index (χ1) is 7.59. The van der Waals surface area contributed by atoms with Gasteiger partial charge in [0.05, 0.1) is 6.54 Å². The fraction of sp³-hybridized carbons (Fsp3) is 0.250. The molecule has 0 aliphatic carbocycles. The minimum Gasteiger partial charge on any atom is -0.351 e. The number of hydrogen-bond donors (Lipinski definition) is 1. The van der Waals surface area contributed by atoms with Crippen LogP contribution in [0.2, 0.25) is 5.02 Å². The Bertz CT molecular complexity index is 390. The number of benzene rings is 1. The lowest BCUT2D eigenvalue weighted by molar-refractivity contribution is -0.120. The highest BCUT2D eigenvalue weighted by molar-refractivity contribution is 6.31. The molecular weight excluding hydrogens is 245 g/mol. The van der Waals surface area contributed by atoms with Gasteiger partial charge in [-0.05, 0) is 18.1 Å². The van der Waals surface area contributed by atoms with Gasteiger partial charge in [0.15, 0.2) is 0 Å². The lowest BCUT2D eigenvalue weighted by Crippen LogP contribution is -2.24. The molecule has 0 saturated heterocycles. The second-order valence-corrected chi connectivity index (χ2v) is 4.33. The normalized spacial score (nSPS) is 9.88. The summed E-state index contributed by atoms with van der Waals surface area (Å²) < 4.78 is 0. The van der Waals surface area contributed by atoms with Crippen LogP contribution < -0.4 is 5.32 Å². The quantitative estimate of drug-likeness (QED) is 0.863. The van der Waals surface area contributed by atoms with Crippen molar-refractivity contribution in [3.63, 3.8) is 0 Å². The summed E-state index contributed by atoms with van der Waals surface area (Å²) in [5, 5.41) is 3.77. The zero-order chi connectivity index (χ0) is 12.0. The third-order valence-electron chi connectivity index (χ3n) is 2.06. The molecule has 16 heavy (non-hydrogen) atoms. The summed E-state index contributed by atoms with van der Waals surface area (Å²) in [4.78, 5) is 11.4. The SMILES string of the molecule is C=C(Cl)CNC(=O)CCc1ccccc1Cl. The Labute approximate surface area is 105 Å². The molecule has 0 unspecified atom stereocenters. The van der Waals surface area contributed by atoms with Crippen LogP contribution in [0.25, 0.3) is 0 Å². The molecule has 1 aromatic rings. The maximum absolute atomic E-state index is 11.4. The van der Waals surface area contributed by atoms with E-state index < -0.39 is 0 Å². The topological polar surface area (TPSA) is 29.1 Å². The van der Waals surface area contributed by atoms with Crippen LogP contribution in [0, 0.1) is 0 Å². The molecule has 0 saturated carbocycles. The van der Waals surface area contributed by atoms with Crippen LogP contribution in [0.1, 0.15) is 12.0 Å². The van der Waals surface area contributed by atoms with Gasteiger partial charge in [-0.3, -0.25) is 4.79 Å². The van der Waals surface area contributed by atoms with Gasteiger partial charge in [0.25, 0.3) is 0 Å². The predicted molar refractivity (Wildman–Crippen MR) is 67.8 cm³/mol. The van der Waals surface area contributed by atoms with Crippen molar-refractivity contribution in [1.82, 2.24) is 5.32 Å². The van der Waals surface area contributed by atoms with Gasteiger partial charge in [0, 0.05) is 16.5 Å². The summed E-state index contributed by atoms with van der Waals surface area (Å²) in [5.74, 6) is -0.0540. The highest BCUT2D eigenvalue weighted by Crippen LogP contribution is 2.16. The Balaban J connectivity index is 2.37. The first-order valence-corrected chi connectivity index (χ1v) is 5.68. The van der Waals surface area contributed by atoms with Crippen LogP contribution in [-0.2, 0) is 11.2 Å². The van der Waals surface area contributed by atoms with Gasteiger partial charge in [-0.2, -0.15) is 0 Å². The van der Waals surface area contributed by atoms with E-state index in [9.17, 15) is 4.79 Å².